The highest BCUT2D eigenvalue weighted by atomic mass is 15.3. The number of aryl methyl sites for hydroxylation is 4. The molecule has 0 aliphatic carbocycles. The van der Waals surface area contributed by atoms with Gasteiger partial charge in [0.25, 0.3) is 0 Å². The average molecular weight is 285 g/mol. The molecule has 0 fully saturated rings. The van der Waals surface area contributed by atoms with E-state index in [0.29, 0.717) is 0 Å². The van der Waals surface area contributed by atoms with Crippen molar-refractivity contribution in [2.45, 2.75) is 53.6 Å². The van der Waals surface area contributed by atoms with E-state index in [2.05, 4.69) is 74.0 Å². The third-order valence-corrected chi connectivity index (χ3v) is 3.70. The third kappa shape index (κ3) is 3.73. The maximum absolute atomic E-state index is 4.61. The maximum Gasteiger partial charge on any atom is 0.0748 e. The SMILES string of the molecule is CCCNC(c1cc(C)cc(C)c1)c1cc(C)nn1CC. The number of nitrogens with one attached hydrogen (secondary N) is 1. The first-order valence-electron chi connectivity index (χ1n) is 7.91. The fourth-order valence-electron chi connectivity index (χ4n) is 2.91. The fourth-order valence-corrected chi connectivity index (χ4v) is 2.91. The van der Waals surface area contributed by atoms with Crippen molar-refractivity contribution in [3.63, 3.8) is 0 Å². The highest BCUT2D eigenvalue weighted by Gasteiger charge is 2.19. The van der Waals surface area contributed by atoms with Crippen molar-refractivity contribution in [2.75, 3.05) is 6.54 Å². The van der Waals surface area contributed by atoms with E-state index in [1.165, 1.54) is 22.4 Å². The average Bonchev–Trinajstić information content (AvgIpc) is 2.79. The highest BCUT2D eigenvalue weighted by molar-refractivity contribution is 5.35. The van der Waals surface area contributed by atoms with E-state index < -0.39 is 0 Å². The molecule has 0 aliphatic heterocycles. The summed E-state index contributed by atoms with van der Waals surface area (Å²) in [6.07, 6.45) is 1.13. The summed E-state index contributed by atoms with van der Waals surface area (Å²) in [7, 11) is 0. The van der Waals surface area contributed by atoms with Crippen molar-refractivity contribution in [3.8, 4) is 0 Å². The number of hydrogen-bond donors (Lipinski definition) is 1. The van der Waals surface area contributed by atoms with E-state index in [0.717, 1.165) is 25.2 Å². The Hall–Kier alpha value is -1.61. The van der Waals surface area contributed by atoms with Crippen molar-refractivity contribution >= 4 is 0 Å². The minimum absolute atomic E-state index is 0.213. The minimum atomic E-state index is 0.213. The summed E-state index contributed by atoms with van der Waals surface area (Å²) in [6.45, 7) is 12.6. The first kappa shape index (κ1) is 15.8. The number of benzene rings is 1. The molecule has 1 aromatic carbocycles. The molecule has 3 nitrogen and oxygen atoms in total. The third-order valence-electron chi connectivity index (χ3n) is 3.70. The maximum atomic E-state index is 4.61. The van der Waals surface area contributed by atoms with Gasteiger partial charge in [-0.05, 0) is 52.3 Å². The zero-order chi connectivity index (χ0) is 15.4. The van der Waals surface area contributed by atoms with Gasteiger partial charge in [0.1, 0.15) is 0 Å². The van der Waals surface area contributed by atoms with Crippen LogP contribution in [-0.2, 0) is 6.54 Å². The van der Waals surface area contributed by atoms with Crippen LogP contribution >= 0.6 is 0 Å². The van der Waals surface area contributed by atoms with Gasteiger partial charge in [-0.2, -0.15) is 5.10 Å². The van der Waals surface area contributed by atoms with Crippen molar-refractivity contribution in [1.82, 2.24) is 15.1 Å². The summed E-state index contributed by atoms with van der Waals surface area (Å²) in [5.41, 5.74) is 6.30. The van der Waals surface area contributed by atoms with Crippen LogP contribution in [0.15, 0.2) is 24.3 Å². The molecule has 0 saturated carbocycles. The lowest BCUT2D eigenvalue weighted by Crippen LogP contribution is -2.26. The van der Waals surface area contributed by atoms with Crippen molar-refractivity contribution in [1.29, 1.82) is 0 Å². The van der Waals surface area contributed by atoms with Crippen LogP contribution in [0.25, 0.3) is 0 Å². The predicted octanol–water partition coefficient (Wildman–Crippen LogP) is 3.92. The zero-order valence-electron chi connectivity index (χ0n) is 13.9. The largest absolute Gasteiger partial charge is 0.305 e. The minimum Gasteiger partial charge on any atom is -0.305 e. The smallest absolute Gasteiger partial charge is 0.0748 e. The summed E-state index contributed by atoms with van der Waals surface area (Å²) in [5, 5.41) is 8.29. The quantitative estimate of drug-likeness (QED) is 0.872. The Kier molecular flexibility index (Phi) is 5.18. The van der Waals surface area contributed by atoms with Crippen LogP contribution in [-0.4, -0.2) is 16.3 Å². The Balaban J connectivity index is 2.46. The van der Waals surface area contributed by atoms with Crippen LogP contribution in [0, 0.1) is 20.8 Å². The Labute approximate surface area is 128 Å². The normalized spacial score (nSPS) is 12.6. The van der Waals surface area contributed by atoms with Crippen molar-refractivity contribution < 1.29 is 0 Å². The second kappa shape index (κ2) is 6.90. The lowest BCUT2D eigenvalue weighted by molar-refractivity contribution is 0.528. The van der Waals surface area contributed by atoms with Gasteiger partial charge in [0.15, 0.2) is 0 Å². The second-order valence-electron chi connectivity index (χ2n) is 5.83. The topological polar surface area (TPSA) is 29.9 Å². The molecule has 1 aromatic heterocycles. The summed E-state index contributed by atoms with van der Waals surface area (Å²) in [5.74, 6) is 0. The van der Waals surface area contributed by atoms with E-state index >= 15 is 0 Å². The molecule has 1 atom stereocenters. The van der Waals surface area contributed by atoms with Gasteiger partial charge >= 0.3 is 0 Å². The van der Waals surface area contributed by atoms with Gasteiger partial charge in [-0.3, -0.25) is 4.68 Å². The summed E-state index contributed by atoms with van der Waals surface area (Å²) >= 11 is 0. The molecule has 2 rings (SSSR count). The Bertz CT molecular complexity index is 578. The number of rotatable bonds is 6. The Morgan fingerprint density at radius 3 is 2.29 bits per heavy atom. The fraction of sp³-hybridized carbons (Fsp3) is 0.500. The lowest BCUT2D eigenvalue weighted by Gasteiger charge is -2.21. The van der Waals surface area contributed by atoms with Gasteiger partial charge in [0, 0.05) is 6.54 Å². The monoisotopic (exact) mass is 285 g/mol. The molecule has 1 N–H and O–H groups in total. The molecule has 1 unspecified atom stereocenters. The second-order valence-corrected chi connectivity index (χ2v) is 5.83. The van der Waals surface area contributed by atoms with E-state index in [1.54, 1.807) is 0 Å². The predicted molar refractivity (Wildman–Crippen MR) is 88.7 cm³/mol. The van der Waals surface area contributed by atoms with E-state index in [1.807, 2.05) is 0 Å². The molecule has 0 bridgehead atoms. The molecule has 3 heteroatoms. The molecule has 0 saturated heterocycles. The van der Waals surface area contributed by atoms with Gasteiger partial charge in [-0.25, -0.2) is 0 Å². The van der Waals surface area contributed by atoms with Gasteiger partial charge in [-0.15, -0.1) is 0 Å². The molecule has 1 heterocycles. The molecule has 21 heavy (non-hydrogen) atoms. The molecule has 114 valence electrons. The standard InChI is InChI=1S/C18H27N3/c1-6-8-19-18(16-10-13(3)9-14(4)11-16)17-12-15(5)20-21(17)7-2/h9-12,18-19H,6-8H2,1-5H3. The molecule has 0 radical (unpaired) electrons. The number of hydrogen-bond acceptors (Lipinski definition) is 2. The van der Waals surface area contributed by atoms with E-state index in [-0.39, 0.29) is 6.04 Å². The van der Waals surface area contributed by atoms with Crippen molar-refractivity contribution in [2.24, 2.45) is 0 Å². The number of nitrogens with zero attached hydrogens (tertiary/aromatic N) is 2. The van der Waals surface area contributed by atoms with Crippen molar-refractivity contribution in [3.05, 3.63) is 52.3 Å². The first-order chi connectivity index (χ1) is 10.0. The van der Waals surface area contributed by atoms with Crippen LogP contribution in [0.4, 0.5) is 0 Å². The molecular weight excluding hydrogens is 258 g/mol. The zero-order valence-corrected chi connectivity index (χ0v) is 13.9. The van der Waals surface area contributed by atoms with Crippen LogP contribution in [0.1, 0.15) is 54.4 Å². The molecular formula is C18H27N3. The summed E-state index contributed by atoms with van der Waals surface area (Å²) < 4.78 is 2.11. The van der Waals surface area contributed by atoms with Gasteiger partial charge < -0.3 is 5.32 Å². The summed E-state index contributed by atoms with van der Waals surface area (Å²) in [4.78, 5) is 0. The Morgan fingerprint density at radius 2 is 1.71 bits per heavy atom. The summed E-state index contributed by atoms with van der Waals surface area (Å²) in [6, 6.07) is 9.20. The van der Waals surface area contributed by atoms with Gasteiger partial charge in [-0.1, -0.05) is 36.2 Å². The van der Waals surface area contributed by atoms with Gasteiger partial charge in [0.2, 0.25) is 0 Å². The molecule has 0 amide bonds. The van der Waals surface area contributed by atoms with E-state index in [9.17, 15) is 0 Å². The molecule has 2 aromatic rings. The van der Waals surface area contributed by atoms with Crippen LogP contribution in [0.3, 0.4) is 0 Å². The molecule has 0 aliphatic rings. The van der Waals surface area contributed by atoms with Crippen LogP contribution < -0.4 is 5.32 Å². The van der Waals surface area contributed by atoms with Gasteiger partial charge in [0.05, 0.1) is 17.4 Å². The first-order valence-corrected chi connectivity index (χ1v) is 7.91. The Morgan fingerprint density at radius 1 is 1.05 bits per heavy atom. The highest BCUT2D eigenvalue weighted by Crippen LogP contribution is 2.25. The lowest BCUT2D eigenvalue weighted by atomic mass is 9.98. The van der Waals surface area contributed by atoms with Crippen LogP contribution in [0.2, 0.25) is 0 Å². The number of aromatic nitrogens is 2. The van der Waals surface area contributed by atoms with E-state index in [4.69, 9.17) is 0 Å². The van der Waals surface area contributed by atoms with Crippen LogP contribution in [0.5, 0.6) is 0 Å². The molecule has 0 spiro atoms.